The van der Waals surface area contributed by atoms with E-state index in [4.69, 9.17) is 16.7 Å². The van der Waals surface area contributed by atoms with Crippen molar-refractivity contribution in [3.05, 3.63) is 28.8 Å². The van der Waals surface area contributed by atoms with Gasteiger partial charge >= 0.3 is 0 Å². The molecule has 0 atom stereocenters. The standard InChI is InChI=1S/C14H20ClNO3S/c1-16(12-5-3-2-4-6-12)20(18,19)14-9-11(10-17)7-8-13(14)15/h7-9,12,17H,2-6,10H2,1H3. The molecule has 0 bridgehead atoms. The fourth-order valence-electron chi connectivity index (χ4n) is 2.64. The first-order valence-corrected chi connectivity index (χ1v) is 8.66. The van der Waals surface area contributed by atoms with Gasteiger partial charge in [-0.3, -0.25) is 0 Å². The lowest BCUT2D eigenvalue weighted by Gasteiger charge is -2.30. The Morgan fingerprint density at radius 2 is 1.95 bits per heavy atom. The minimum atomic E-state index is -3.61. The van der Waals surface area contributed by atoms with Crippen LogP contribution in [0.15, 0.2) is 23.1 Å². The van der Waals surface area contributed by atoms with E-state index in [0.29, 0.717) is 5.56 Å². The van der Waals surface area contributed by atoms with Crippen LogP contribution in [-0.4, -0.2) is 30.9 Å². The van der Waals surface area contributed by atoms with Gasteiger partial charge in [-0.15, -0.1) is 0 Å². The van der Waals surface area contributed by atoms with Gasteiger partial charge < -0.3 is 5.11 Å². The third-order valence-electron chi connectivity index (χ3n) is 3.92. The molecule has 4 nitrogen and oxygen atoms in total. The zero-order chi connectivity index (χ0) is 14.8. The van der Waals surface area contributed by atoms with Crippen LogP contribution in [0.25, 0.3) is 0 Å². The summed E-state index contributed by atoms with van der Waals surface area (Å²) in [6.07, 6.45) is 5.09. The van der Waals surface area contributed by atoms with Crippen LogP contribution in [0.3, 0.4) is 0 Å². The van der Waals surface area contributed by atoms with Gasteiger partial charge in [0.1, 0.15) is 4.90 Å². The Morgan fingerprint density at radius 3 is 2.55 bits per heavy atom. The van der Waals surface area contributed by atoms with Gasteiger partial charge in [-0.1, -0.05) is 36.9 Å². The quantitative estimate of drug-likeness (QED) is 0.929. The first-order valence-electron chi connectivity index (χ1n) is 6.84. The summed E-state index contributed by atoms with van der Waals surface area (Å²) in [5.41, 5.74) is 0.546. The molecule has 1 aromatic rings. The fraction of sp³-hybridized carbons (Fsp3) is 0.571. The van der Waals surface area contributed by atoms with E-state index in [9.17, 15) is 8.42 Å². The van der Waals surface area contributed by atoms with Crippen LogP contribution in [0, 0.1) is 0 Å². The molecule has 1 saturated carbocycles. The number of aliphatic hydroxyl groups excluding tert-OH is 1. The molecular weight excluding hydrogens is 298 g/mol. The Bertz CT molecular complexity index is 568. The van der Waals surface area contributed by atoms with E-state index in [1.807, 2.05) is 0 Å². The van der Waals surface area contributed by atoms with Crippen LogP contribution in [0.2, 0.25) is 5.02 Å². The number of hydrogen-bond donors (Lipinski definition) is 1. The average molecular weight is 318 g/mol. The molecule has 112 valence electrons. The van der Waals surface area contributed by atoms with E-state index in [2.05, 4.69) is 0 Å². The first kappa shape index (κ1) is 15.8. The number of sulfonamides is 1. The molecule has 0 saturated heterocycles. The van der Waals surface area contributed by atoms with Crippen LogP contribution in [0.1, 0.15) is 37.7 Å². The van der Waals surface area contributed by atoms with Crippen molar-refractivity contribution in [3.8, 4) is 0 Å². The molecule has 1 aliphatic carbocycles. The second kappa shape index (κ2) is 6.43. The molecular formula is C14H20ClNO3S. The molecule has 6 heteroatoms. The fourth-order valence-corrected chi connectivity index (χ4v) is 4.58. The highest BCUT2D eigenvalue weighted by molar-refractivity contribution is 7.89. The summed E-state index contributed by atoms with van der Waals surface area (Å²) in [5.74, 6) is 0. The molecule has 0 unspecified atom stereocenters. The minimum absolute atomic E-state index is 0.0441. The zero-order valence-electron chi connectivity index (χ0n) is 11.5. The molecule has 1 fully saturated rings. The monoisotopic (exact) mass is 317 g/mol. The van der Waals surface area contributed by atoms with Crippen molar-refractivity contribution in [1.29, 1.82) is 0 Å². The molecule has 20 heavy (non-hydrogen) atoms. The maximum Gasteiger partial charge on any atom is 0.244 e. The third kappa shape index (κ3) is 3.17. The SMILES string of the molecule is CN(C1CCCCC1)S(=O)(=O)c1cc(CO)ccc1Cl. The highest BCUT2D eigenvalue weighted by Gasteiger charge is 2.30. The van der Waals surface area contributed by atoms with Crippen molar-refractivity contribution in [1.82, 2.24) is 4.31 Å². The molecule has 0 amide bonds. The molecule has 1 aliphatic rings. The second-order valence-corrected chi connectivity index (χ2v) is 7.61. The summed E-state index contributed by atoms with van der Waals surface area (Å²) in [4.78, 5) is 0.0822. The first-order chi connectivity index (χ1) is 9.46. The molecule has 0 heterocycles. The van der Waals surface area contributed by atoms with E-state index in [1.54, 1.807) is 13.1 Å². The van der Waals surface area contributed by atoms with Crippen molar-refractivity contribution in [3.63, 3.8) is 0 Å². The number of hydrogen-bond acceptors (Lipinski definition) is 3. The van der Waals surface area contributed by atoms with E-state index < -0.39 is 10.0 Å². The summed E-state index contributed by atoms with van der Waals surface area (Å²) in [5, 5.41) is 9.35. The van der Waals surface area contributed by atoms with Gasteiger partial charge in [0.25, 0.3) is 0 Å². The zero-order valence-corrected chi connectivity index (χ0v) is 13.1. The molecule has 0 aromatic heterocycles. The van der Waals surface area contributed by atoms with Crippen LogP contribution in [-0.2, 0) is 16.6 Å². The molecule has 0 radical (unpaired) electrons. The summed E-state index contributed by atoms with van der Waals surface area (Å²) in [6.45, 7) is -0.202. The molecule has 1 N–H and O–H groups in total. The van der Waals surface area contributed by atoms with Gasteiger partial charge in [0.05, 0.1) is 11.6 Å². The predicted octanol–water partition coefficient (Wildman–Crippen LogP) is 2.79. The normalized spacial score (nSPS) is 17.6. The topological polar surface area (TPSA) is 57.6 Å². The van der Waals surface area contributed by atoms with Crippen molar-refractivity contribution in [2.75, 3.05) is 7.05 Å². The lowest BCUT2D eigenvalue weighted by atomic mass is 9.96. The predicted molar refractivity (Wildman–Crippen MR) is 79.2 cm³/mol. The Morgan fingerprint density at radius 1 is 1.30 bits per heavy atom. The smallest absolute Gasteiger partial charge is 0.244 e. The number of halogens is 1. The van der Waals surface area contributed by atoms with Crippen molar-refractivity contribution < 1.29 is 13.5 Å². The highest BCUT2D eigenvalue weighted by atomic mass is 35.5. The van der Waals surface area contributed by atoms with Crippen molar-refractivity contribution in [2.45, 2.75) is 49.6 Å². The number of rotatable bonds is 4. The number of benzene rings is 1. The Hall–Kier alpha value is -0.620. The molecule has 2 rings (SSSR count). The second-order valence-electron chi connectivity index (χ2n) is 5.24. The molecule has 1 aromatic carbocycles. The molecule has 0 spiro atoms. The lowest BCUT2D eigenvalue weighted by molar-refractivity contribution is 0.280. The Balaban J connectivity index is 2.33. The van der Waals surface area contributed by atoms with Crippen LogP contribution in [0.5, 0.6) is 0 Å². The number of aliphatic hydroxyl groups is 1. The Labute approximate surface area is 125 Å². The third-order valence-corrected chi connectivity index (χ3v) is 6.32. The summed E-state index contributed by atoms with van der Waals surface area (Å²) in [6, 6.07) is 4.65. The van der Waals surface area contributed by atoms with Gasteiger partial charge in [0, 0.05) is 13.1 Å². The van der Waals surface area contributed by atoms with Crippen LogP contribution < -0.4 is 0 Å². The van der Waals surface area contributed by atoms with Crippen molar-refractivity contribution in [2.24, 2.45) is 0 Å². The van der Waals surface area contributed by atoms with Crippen LogP contribution in [0.4, 0.5) is 0 Å². The maximum absolute atomic E-state index is 12.7. The van der Waals surface area contributed by atoms with Crippen molar-refractivity contribution >= 4 is 21.6 Å². The van der Waals surface area contributed by atoms with E-state index in [1.165, 1.54) is 22.9 Å². The van der Waals surface area contributed by atoms with Gasteiger partial charge in [0.15, 0.2) is 0 Å². The number of nitrogens with zero attached hydrogens (tertiary/aromatic N) is 1. The van der Waals surface area contributed by atoms with E-state index in [0.717, 1.165) is 25.7 Å². The van der Waals surface area contributed by atoms with Crippen LogP contribution >= 0.6 is 11.6 Å². The van der Waals surface area contributed by atoms with Gasteiger partial charge in [-0.25, -0.2) is 8.42 Å². The summed E-state index contributed by atoms with van der Waals surface area (Å²) >= 11 is 6.03. The van der Waals surface area contributed by atoms with E-state index >= 15 is 0 Å². The Kier molecular flexibility index (Phi) is 5.07. The van der Waals surface area contributed by atoms with Gasteiger partial charge in [0.2, 0.25) is 10.0 Å². The average Bonchev–Trinajstić information content (AvgIpc) is 2.47. The summed E-state index contributed by atoms with van der Waals surface area (Å²) in [7, 11) is -1.99. The summed E-state index contributed by atoms with van der Waals surface area (Å²) < 4.78 is 26.8. The van der Waals surface area contributed by atoms with Gasteiger partial charge in [-0.2, -0.15) is 4.31 Å². The highest BCUT2D eigenvalue weighted by Crippen LogP contribution is 2.30. The largest absolute Gasteiger partial charge is 0.392 e. The minimum Gasteiger partial charge on any atom is -0.392 e. The lowest BCUT2D eigenvalue weighted by Crippen LogP contribution is -2.38. The van der Waals surface area contributed by atoms with E-state index in [-0.39, 0.29) is 22.6 Å². The molecule has 0 aliphatic heterocycles. The maximum atomic E-state index is 12.7. The van der Waals surface area contributed by atoms with Gasteiger partial charge in [-0.05, 0) is 30.5 Å².